The average molecular weight is 284 g/mol. The maximum absolute atomic E-state index is 3.56. The van der Waals surface area contributed by atoms with Crippen molar-refractivity contribution >= 4 is 15.9 Å². The van der Waals surface area contributed by atoms with Crippen molar-refractivity contribution in [1.29, 1.82) is 0 Å². The Labute approximate surface area is 108 Å². The van der Waals surface area contributed by atoms with Gasteiger partial charge in [-0.2, -0.15) is 0 Å². The van der Waals surface area contributed by atoms with Crippen LogP contribution in [-0.2, 0) is 0 Å². The van der Waals surface area contributed by atoms with Crippen LogP contribution >= 0.6 is 15.9 Å². The van der Waals surface area contributed by atoms with Gasteiger partial charge in [0.25, 0.3) is 0 Å². The predicted molar refractivity (Wildman–Crippen MR) is 74.6 cm³/mol. The van der Waals surface area contributed by atoms with Gasteiger partial charge in [0.1, 0.15) is 0 Å². The number of halogens is 1. The van der Waals surface area contributed by atoms with Gasteiger partial charge in [-0.25, -0.2) is 0 Å². The first kappa shape index (κ1) is 13.7. The van der Waals surface area contributed by atoms with Crippen LogP contribution in [0, 0.1) is 5.41 Å². The van der Waals surface area contributed by atoms with Gasteiger partial charge in [0.05, 0.1) is 0 Å². The second kappa shape index (κ2) is 5.83. The summed E-state index contributed by atoms with van der Waals surface area (Å²) in [6, 6.07) is 8.90. The summed E-state index contributed by atoms with van der Waals surface area (Å²) in [5, 5.41) is 3.56. The molecule has 0 saturated heterocycles. The van der Waals surface area contributed by atoms with Gasteiger partial charge < -0.3 is 5.32 Å². The second-order valence-corrected chi connectivity index (χ2v) is 6.46. The quantitative estimate of drug-likeness (QED) is 0.856. The van der Waals surface area contributed by atoms with Crippen molar-refractivity contribution in [2.75, 3.05) is 6.54 Å². The number of benzene rings is 1. The zero-order valence-corrected chi connectivity index (χ0v) is 12.3. The third-order valence-electron chi connectivity index (χ3n) is 2.67. The molecular formula is C14H22BrN. The molecule has 0 saturated carbocycles. The van der Waals surface area contributed by atoms with E-state index in [-0.39, 0.29) is 0 Å². The summed E-state index contributed by atoms with van der Waals surface area (Å²) in [7, 11) is 0. The zero-order valence-electron chi connectivity index (χ0n) is 10.7. The Morgan fingerprint density at radius 3 is 2.56 bits per heavy atom. The van der Waals surface area contributed by atoms with Crippen molar-refractivity contribution in [3.05, 3.63) is 34.3 Å². The molecule has 1 atom stereocenters. The summed E-state index contributed by atoms with van der Waals surface area (Å²) in [6.07, 6.45) is 1.20. The highest BCUT2D eigenvalue weighted by Gasteiger charge is 2.11. The van der Waals surface area contributed by atoms with Gasteiger partial charge in [0.2, 0.25) is 0 Å². The third kappa shape index (κ3) is 5.13. The summed E-state index contributed by atoms with van der Waals surface area (Å²) in [6.45, 7) is 10.1. The summed E-state index contributed by atoms with van der Waals surface area (Å²) in [5.41, 5.74) is 1.74. The Morgan fingerprint density at radius 2 is 2.00 bits per heavy atom. The van der Waals surface area contributed by atoms with Gasteiger partial charge in [-0.1, -0.05) is 48.8 Å². The van der Waals surface area contributed by atoms with Gasteiger partial charge in [-0.3, -0.25) is 0 Å². The predicted octanol–water partition coefficient (Wildman–Crippen LogP) is 4.54. The molecule has 0 aliphatic rings. The molecule has 2 heteroatoms. The fraction of sp³-hybridized carbons (Fsp3) is 0.571. The Balaban J connectivity index is 2.44. The van der Waals surface area contributed by atoms with Crippen molar-refractivity contribution in [3.63, 3.8) is 0 Å². The fourth-order valence-electron chi connectivity index (χ4n) is 1.56. The molecule has 0 fully saturated rings. The molecule has 1 aromatic rings. The lowest BCUT2D eigenvalue weighted by molar-refractivity contribution is 0.358. The Hall–Kier alpha value is -0.340. The Kier molecular flexibility index (Phi) is 5.00. The zero-order chi connectivity index (χ0) is 12.2. The SMILES string of the molecule is C[C@H](NCCC(C)(C)C)c1cccc(Br)c1. The van der Waals surface area contributed by atoms with Crippen molar-refractivity contribution < 1.29 is 0 Å². The lowest BCUT2D eigenvalue weighted by atomic mass is 9.92. The van der Waals surface area contributed by atoms with Crippen molar-refractivity contribution in [1.82, 2.24) is 5.32 Å². The minimum Gasteiger partial charge on any atom is -0.310 e. The number of hydrogen-bond donors (Lipinski definition) is 1. The van der Waals surface area contributed by atoms with E-state index in [2.05, 4.69) is 73.2 Å². The maximum atomic E-state index is 3.56. The summed E-state index contributed by atoms with van der Waals surface area (Å²) < 4.78 is 1.15. The summed E-state index contributed by atoms with van der Waals surface area (Å²) >= 11 is 3.50. The van der Waals surface area contributed by atoms with E-state index in [0.717, 1.165) is 11.0 Å². The highest BCUT2D eigenvalue weighted by Crippen LogP contribution is 2.20. The van der Waals surface area contributed by atoms with E-state index in [1.54, 1.807) is 0 Å². The third-order valence-corrected chi connectivity index (χ3v) is 3.17. The number of rotatable bonds is 4. The first-order valence-electron chi connectivity index (χ1n) is 5.87. The van der Waals surface area contributed by atoms with Crippen LogP contribution in [0.5, 0.6) is 0 Å². The van der Waals surface area contributed by atoms with Gasteiger partial charge >= 0.3 is 0 Å². The lowest BCUT2D eigenvalue weighted by Gasteiger charge is -2.21. The smallest absolute Gasteiger partial charge is 0.0292 e. The fourth-order valence-corrected chi connectivity index (χ4v) is 1.97. The number of nitrogens with one attached hydrogen (secondary N) is 1. The summed E-state index contributed by atoms with van der Waals surface area (Å²) in [5.74, 6) is 0. The molecule has 0 spiro atoms. The topological polar surface area (TPSA) is 12.0 Å². The number of hydrogen-bond acceptors (Lipinski definition) is 1. The minimum atomic E-state index is 0.407. The molecule has 0 bridgehead atoms. The highest BCUT2D eigenvalue weighted by molar-refractivity contribution is 9.10. The highest BCUT2D eigenvalue weighted by atomic mass is 79.9. The van der Waals surface area contributed by atoms with E-state index in [9.17, 15) is 0 Å². The Bertz CT molecular complexity index is 328. The van der Waals surface area contributed by atoms with Gasteiger partial charge in [0, 0.05) is 10.5 Å². The van der Waals surface area contributed by atoms with E-state index in [1.807, 2.05) is 0 Å². The van der Waals surface area contributed by atoms with Gasteiger partial charge in [0.15, 0.2) is 0 Å². The molecule has 1 N–H and O–H groups in total. The van der Waals surface area contributed by atoms with E-state index < -0.39 is 0 Å². The second-order valence-electron chi connectivity index (χ2n) is 5.54. The van der Waals surface area contributed by atoms with Crippen LogP contribution in [0.15, 0.2) is 28.7 Å². The molecular weight excluding hydrogens is 262 g/mol. The minimum absolute atomic E-state index is 0.407. The van der Waals surface area contributed by atoms with Crippen LogP contribution in [0.3, 0.4) is 0 Å². The van der Waals surface area contributed by atoms with E-state index >= 15 is 0 Å². The largest absolute Gasteiger partial charge is 0.310 e. The molecule has 0 aliphatic heterocycles. The molecule has 90 valence electrons. The molecule has 1 rings (SSSR count). The molecule has 1 aromatic carbocycles. The standard InChI is InChI=1S/C14H22BrN/c1-11(16-9-8-14(2,3)4)12-6-5-7-13(15)10-12/h5-7,10-11,16H,8-9H2,1-4H3/t11-/m0/s1. The van der Waals surface area contributed by atoms with Crippen molar-refractivity contribution in [3.8, 4) is 0 Å². The first-order valence-corrected chi connectivity index (χ1v) is 6.67. The molecule has 0 amide bonds. The molecule has 0 heterocycles. The molecule has 1 nitrogen and oxygen atoms in total. The molecule has 0 radical (unpaired) electrons. The van der Waals surface area contributed by atoms with Crippen LogP contribution in [0.1, 0.15) is 45.7 Å². The van der Waals surface area contributed by atoms with Crippen LogP contribution in [-0.4, -0.2) is 6.54 Å². The van der Waals surface area contributed by atoms with Gasteiger partial charge in [-0.15, -0.1) is 0 Å². The molecule has 16 heavy (non-hydrogen) atoms. The van der Waals surface area contributed by atoms with Crippen molar-refractivity contribution in [2.24, 2.45) is 5.41 Å². The summed E-state index contributed by atoms with van der Waals surface area (Å²) in [4.78, 5) is 0. The molecule has 0 aromatic heterocycles. The van der Waals surface area contributed by atoms with Crippen molar-refractivity contribution in [2.45, 2.75) is 40.2 Å². The van der Waals surface area contributed by atoms with E-state index in [1.165, 1.54) is 12.0 Å². The van der Waals surface area contributed by atoms with Crippen LogP contribution in [0.25, 0.3) is 0 Å². The molecule has 0 unspecified atom stereocenters. The average Bonchev–Trinajstić information content (AvgIpc) is 2.15. The maximum Gasteiger partial charge on any atom is 0.0292 e. The van der Waals surface area contributed by atoms with Crippen LogP contribution in [0.2, 0.25) is 0 Å². The molecule has 0 aliphatic carbocycles. The van der Waals surface area contributed by atoms with Crippen LogP contribution < -0.4 is 5.32 Å². The van der Waals surface area contributed by atoms with Gasteiger partial charge in [-0.05, 0) is 43.0 Å². The Morgan fingerprint density at radius 1 is 1.31 bits per heavy atom. The monoisotopic (exact) mass is 283 g/mol. The van der Waals surface area contributed by atoms with E-state index in [0.29, 0.717) is 11.5 Å². The first-order chi connectivity index (χ1) is 7.38. The van der Waals surface area contributed by atoms with Crippen LogP contribution in [0.4, 0.5) is 0 Å². The van der Waals surface area contributed by atoms with E-state index in [4.69, 9.17) is 0 Å². The lowest BCUT2D eigenvalue weighted by Crippen LogP contribution is -2.23. The normalized spacial score (nSPS) is 13.8.